The van der Waals surface area contributed by atoms with Crippen LogP contribution in [0, 0.1) is 0 Å². The lowest BCUT2D eigenvalue weighted by Gasteiger charge is -2.11. The van der Waals surface area contributed by atoms with E-state index in [4.69, 9.17) is 22.9 Å². The molecule has 0 fully saturated rings. The van der Waals surface area contributed by atoms with Gasteiger partial charge in [0.25, 0.3) is 0 Å². The van der Waals surface area contributed by atoms with Crippen LogP contribution in [0.25, 0.3) is 0 Å². The zero-order valence-electron chi connectivity index (χ0n) is 15.0. The molecule has 0 amide bonds. The van der Waals surface area contributed by atoms with Crippen LogP contribution < -0.4 is 22.9 Å². The Morgan fingerprint density at radius 1 is 0.643 bits per heavy atom. The van der Waals surface area contributed by atoms with Crippen LogP contribution in [-0.4, -0.2) is 95.2 Å². The van der Waals surface area contributed by atoms with Crippen LogP contribution in [0.1, 0.15) is 51.4 Å². The predicted molar refractivity (Wildman–Crippen MR) is 110 cm³/mol. The minimum atomic E-state index is -0.925. The first-order valence-corrected chi connectivity index (χ1v) is 8.72. The van der Waals surface area contributed by atoms with Crippen molar-refractivity contribution in [1.29, 1.82) is 0 Å². The third-order valence-electron chi connectivity index (χ3n) is 3.51. The average molecular weight is 427 g/mol. The molecule has 0 aliphatic carbocycles. The van der Waals surface area contributed by atoms with Crippen LogP contribution in [0.5, 0.6) is 0 Å². The second-order valence-electron chi connectivity index (χ2n) is 5.87. The second-order valence-corrected chi connectivity index (χ2v) is 5.87. The van der Waals surface area contributed by atoms with Crippen LogP contribution in [0.4, 0.5) is 0 Å². The number of carbonyl (C=O) groups is 4. The largest absolute Gasteiger partial charge is 0.392 e. The first-order chi connectivity index (χ1) is 12.3. The van der Waals surface area contributed by atoms with Crippen molar-refractivity contribution in [1.82, 2.24) is 0 Å². The van der Waals surface area contributed by atoms with Crippen molar-refractivity contribution in [3.05, 3.63) is 0 Å². The molecule has 12 heteroatoms. The van der Waals surface area contributed by atoms with E-state index in [9.17, 15) is 19.2 Å². The molecule has 8 N–H and O–H groups in total. The van der Waals surface area contributed by atoms with Gasteiger partial charge >= 0.3 is 70.0 Å². The fraction of sp³-hybridized carbons (Fsp3) is 0.750. The third-order valence-corrected chi connectivity index (χ3v) is 3.51. The summed E-state index contributed by atoms with van der Waals surface area (Å²) in [4.78, 5) is 46.3. The van der Waals surface area contributed by atoms with E-state index < -0.39 is 48.8 Å². The SMILES string of the molecule is NCCCC[C@H](N)C(=O)OC(=O)CCC(=O)OC(=O)[C@@H](N)CCCCN.[MgH2].[MgH2]. The lowest BCUT2D eigenvalue weighted by Crippen LogP contribution is -2.34. The van der Waals surface area contributed by atoms with Gasteiger partial charge in [-0.15, -0.1) is 0 Å². The van der Waals surface area contributed by atoms with Gasteiger partial charge in [0.05, 0.1) is 12.8 Å². The summed E-state index contributed by atoms with van der Waals surface area (Å²) in [6, 6.07) is -1.85. The van der Waals surface area contributed by atoms with E-state index in [1.165, 1.54) is 0 Å². The smallest absolute Gasteiger partial charge is 0.330 e. The van der Waals surface area contributed by atoms with Crippen molar-refractivity contribution >= 4 is 70.0 Å². The normalized spacial score (nSPS) is 12.0. The highest BCUT2D eigenvalue weighted by atomic mass is 24.3. The van der Waals surface area contributed by atoms with Gasteiger partial charge in [0.1, 0.15) is 12.1 Å². The number of hydrogen-bond acceptors (Lipinski definition) is 10. The van der Waals surface area contributed by atoms with Gasteiger partial charge in [-0.25, -0.2) is 9.59 Å². The maximum absolute atomic E-state index is 11.6. The maximum Gasteiger partial charge on any atom is 0.330 e. The number of carbonyl (C=O) groups excluding carboxylic acids is 4. The van der Waals surface area contributed by atoms with Crippen LogP contribution in [0.3, 0.4) is 0 Å². The summed E-state index contributed by atoms with van der Waals surface area (Å²) in [5, 5.41) is 0. The summed E-state index contributed by atoms with van der Waals surface area (Å²) in [7, 11) is 0. The Bertz CT molecular complexity index is 440. The van der Waals surface area contributed by atoms with Gasteiger partial charge in [-0.05, 0) is 38.8 Å². The molecule has 0 radical (unpaired) electrons. The lowest BCUT2D eigenvalue weighted by molar-refractivity contribution is -0.166. The number of rotatable bonds is 13. The van der Waals surface area contributed by atoms with Crippen LogP contribution in [0.2, 0.25) is 0 Å². The van der Waals surface area contributed by atoms with Crippen molar-refractivity contribution in [2.75, 3.05) is 13.1 Å². The molecule has 0 aromatic rings. The zero-order chi connectivity index (χ0) is 19.9. The minimum Gasteiger partial charge on any atom is -0.392 e. The Balaban J connectivity index is -0.00000312. The molecule has 0 unspecified atom stereocenters. The Morgan fingerprint density at radius 3 is 1.25 bits per heavy atom. The van der Waals surface area contributed by atoms with Crippen molar-refractivity contribution < 1.29 is 28.7 Å². The van der Waals surface area contributed by atoms with Gasteiger partial charge in [0.15, 0.2) is 0 Å². The van der Waals surface area contributed by atoms with E-state index in [-0.39, 0.29) is 46.1 Å². The third kappa shape index (κ3) is 16.6. The topological polar surface area (TPSA) is 191 Å². The van der Waals surface area contributed by atoms with Gasteiger partial charge in [0.2, 0.25) is 0 Å². The molecule has 28 heavy (non-hydrogen) atoms. The quantitative estimate of drug-likeness (QED) is 0.102. The number of ether oxygens (including phenoxy) is 2. The minimum absolute atomic E-state index is 0. The fourth-order valence-electron chi connectivity index (χ4n) is 1.93. The number of hydrogen-bond donors (Lipinski definition) is 4. The van der Waals surface area contributed by atoms with Crippen LogP contribution in [0.15, 0.2) is 0 Å². The van der Waals surface area contributed by atoms with Gasteiger partial charge in [-0.3, -0.25) is 9.59 Å². The van der Waals surface area contributed by atoms with Crippen LogP contribution in [-0.2, 0) is 28.7 Å². The summed E-state index contributed by atoms with van der Waals surface area (Å²) in [5.41, 5.74) is 21.8. The molecule has 0 aromatic carbocycles. The maximum atomic E-state index is 11.6. The highest BCUT2D eigenvalue weighted by Crippen LogP contribution is 2.04. The molecular formula is C16H34Mg2N4O6. The van der Waals surface area contributed by atoms with Crippen molar-refractivity contribution in [3.63, 3.8) is 0 Å². The lowest BCUT2D eigenvalue weighted by atomic mass is 10.1. The molecule has 0 rings (SSSR count). The Labute approximate surface area is 197 Å². The molecular weight excluding hydrogens is 393 g/mol. The molecule has 0 saturated carbocycles. The molecule has 0 bridgehead atoms. The van der Waals surface area contributed by atoms with E-state index >= 15 is 0 Å². The molecule has 0 aliphatic heterocycles. The van der Waals surface area contributed by atoms with Gasteiger partial charge in [-0.2, -0.15) is 0 Å². The highest BCUT2D eigenvalue weighted by molar-refractivity contribution is 5.92. The van der Waals surface area contributed by atoms with E-state index in [0.717, 1.165) is 0 Å². The van der Waals surface area contributed by atoms with Crippen molar-refractivity contribution in [2.24, 2.45) is 22.9 Å². The van der Waals surface area contributed by atoms with Gasteiger partial charge in [-0.1, -0.05) is 12.8 Å². The zero-order valence-corrected chi connectivity index (χ0v) is 15.0. The standard InChI is InChI=1S/C16H30N4O6.2Mg.4H/c17-9-3-1-5-11(19)15(23)25-13(21)7-8-14(22)26-16(24)12(20)6-2-4-10-18;;;;;;/h11-12H,1-10,17-20H2;;;;;;/t11-,12-;;;;;;/m0....../s1. The van der Waals surface area contributed by atoms with E-state index in [1.807, 2.05) is 0 Å². The van der Waals surface area contributed by atoms with Gasteiger partial charge in [0, 0.05) is 0 Å². The molecule has 0 heterocycles. The first kappa shape index (κ1) is 32.3. The monoisotopic (exact) mass is 426 g/mol. The number of nitrogens with two attached hydrogens (primary N) is 4. The Morgan fingerprint density at radius 2 is 0.964 bits per heavy atom. The van der Waals surface area contributed by atoms with Gasteiger partial charge < -0.3 is 32.4 Å². The number of unbranched alkanes of at least 4 members (excludes halogenated alkanes) is 2. The van der Waals surface area contributed by atoms with Crippen LogP contribution >= 0.6 is 0 Å². The second kappa shape index (κ2) is 19.9. The Kier molecular flexibility index (Phi) is 23.0. The molecule has 0 saturated heterocycles. The molecule has 0 aliphatic rings. The molecule has 2 atom stereocenters. The predicted octanol–water partition coefficient (Wildman–Crippen LogP) is -3.01. The number of esters is 4. The fourth-order valence-corrected chi connectivity index (χ4v) is 1.93. The summed E-state index contributed by atoms with van der Waals surface area (Å²) in [6.45, 7) is 0.969. The summed E-state index contributed by atoms with van der Waals surface area (Å²) >= 11 is 0. The summed E-state index contributed by atoms with van der Waals surface area (Å²) in [6.07, 6.45) is 2.59. The van der Waals surface area contributed by atoms with E-state index in [1.54, 1.807) is 0 Å². The average Bonchev–Trinajstić information content (AvgIpc) is 2.60. The van der Waals surface area contributed by atoms with Crippen molar-refractivity contribution in [3.8, 4) is 0 Å². The highest BCUT2D eigenvalue weighted by Gasteiger charge is 2.21. The van der Waals surface area contributed by atoms with E-state index in [0.29, 0.717) is 51.6 Å². The molecule has 10 nitrogen and oxygen atoms in total. The molecule has 158 valence electrons. The molecule has 0 aromatic heterocycles. The summed E-state index contributed by atoms with van der Waals surface area (Å²) in [5.74, 6) is -3.56. The van der Waals surface area contributed by atoms with E-state index in [2.05, 4.69) is 9.47 Å². The van der Waals surface area contributed by atoms with Crippen molar-refractivity contribution in [2.45, 2.75) is 63.5 Å². The Hall–Kier alpha value is -0.348. The molecule has 0 spiro atoms. The first-order valence-electron chi connectivity index (χ1n) is 8.72. The summed E-state index contributed by atoms with van der Waals surface area (Å²) < 4.78 is 9.10.